The Balaban J connectivity index is -0.00000140. The maximum atomic E-state index is 13.7. The van der Waals surface area contributed by atoms with Gasteiger partial charge in [-0.1, -0.05) is 102 Å². The van der Waals surface area contributed by atoms with Gasteiger partial charge in [-0.15, -0.1) is 0 Å². The van der Waals surface area contributed by atoms with Crippen LogP contribution in [0.25, 0.3) is 0 Å². The maximum Gasteiger partial charge on any atom is 0 e. The summed E-state index contributed by atoms with van der Waals surface area (Å²) in [5.74, 6) is -16.3. The minimum atomic E-state index is -9.19. The molecule has 0 unspecified atom stereocenters. The largest absolute Gasteiger partial charge is 1.00 e. The average Bonchev–Trinajstić information content (AvgIpc) is 0.801. The van der Waals surface area contributed by atoms with Crippen molar-refractivity contribution in [3.8, 4) is 0 Å². The van der Waals surface area contributed by atoms with E-state index in [4.69, 9.17) is 41.3 Å². The van der Waals surface area contributed by atoms with Crippen LogP contribution in [0.1, 0.15) is 72.7 Å². The number of aromatic carboxylic acids is 2. The van der Waals surface area contributed by atoms with E-state index in [0.29, 0.717) is 32.6 Å². The summed E-state index contributed by atoms with van der Waals surface area (Å²) < 4.78 is 378. The molecule has 0 saturated carbocycles. The van der Waals surface area contributed by atoms with E-state index in [1.54, 1.807) is 30.3 Å². The molecule has 0 aromatic heterocycles. The fourth-order valence-electron chi connectivity index (χ4n) is 8.15. The number of carboxylic acids is 2. The zero-order valence-electron chi connectivity index (χ0n) is 61.9. The number of ketones is 1. The molecule has 0 bridgehead atoms. The number of benzene rings is 10. The van der Waals surface area contributed by atoms with Gasteiger partial charge in [0.2, 0.25) is 0 Å². The molecule has 0 saturated heterocycles. The van der Waals surface area contributed by atoms with Crippen LogP contribution in [0.5, 0.6) is 0 Å². The number of rotatable bonds is 15. The zero-order chi connectivity index (χ0) is 96.3. The summed E-state index contributed by atoms with van der Waals surface area (Å²) in [4.78, 5) is 54.5. The Kier molecular flexibility index (Phi) is 45.7. The molecule has 0 atom stereocenters. The van der Waals surface area contributed by atoms with Crippen molar-refractivity contribution in [1.82, 2.24) is 0 Å². The third-order valence-corrected chi connectivity index (χ3v) is 20.3. The first-order valence-corrected chi connectivity index (χ1v) is 45.4. The number of hydrogen-bond acceptors (Lipinski definition) is 22. The molecule has 127 heavy (non-hydrogen) atoms. The molecule has 10 rings (SSSR count). The van der Waals surface area contributed by atoms with Crippen molar-refractivity contribution in [2.24, 2.45) is 0 Å². The van der Waals surface area contributed by atoms with Crippen LogP contribution in [-0.4, -0.2) is 141 Å². The van der Waals surface area contributed by atoms with Crippen molar-refractivity contribution in [3.63, 3.8) is 0 Å². The van der Waals surface area contributed by atoms with E-state index in [9.17, 15) is 160 Å². The van der Waals surface area contributed by atoms with E-state index in [-0.39, 0.29) is 69.9 Å². The minimum absolute atomic E-state index is 0. The van der Waals surface area contributed by atoms with Gasteiger partial charge < -0.3 is 71.1 Å². The van der Waals surface area contributed by atoms with Crippen molar-refractivity contribution in [2.75, 3.05) is 0 Å². The van der Waals surface area contributed by atoms with Gasteiger partial charge in [-0.2, -0.15) is 26.3 Å². The number of halogens is 22. The van der Waals surface area contributed by atoms with Crippen molar-refractivity contribution in [3.05, 3.63) is 322 Å². The monoisotopic (exact) mass is 2190 g/mol. The van der Waals surface area contributed by atoms with Crippen LogP contribution < -0.4 is 39.6 Å². The van der Waals surface area contributed by atoms with Gasteiger partial charge in [-0.05, 0) is 140 Å². The number of carboxylic acid groups (broad SMARTS) is 2. The van der Waals surface area contributed by atoms with Gasteiger partial charge in [0.15, 0.2) is 49.6 Å². The summed E-state index contributed by atoms with van der Waals surface area (Å²) in [7, 11) is -13.9. The van der Waals surface area contributed by atoms with Gasteiger partial charge in [0, 0.05) is 36.7 Å². The first-order chi connectivity index (χ1) is 57.0. The molecule has 0 spiro atoms. The Labute approximate surface area is 746 Å². The van der Waals surface area contributed by atoms with Crippen molar-refractivity contribution < 1.29 is 211 Å². The predicted octanol–water partition coefficient (Wildman–Crippen LogP) is 9.43. The molecule has 55 heteroatoms. The zero-order valence-corrected chi connectivity index (χ0v) is 73.1. The van der Waals surface area contributed by atoms with Gasteiger partial charge >= 0.3 is 70.6 Å². The summed E-state index contributed by atoms with van der Waals surface area (Å²) in [5.41, 5.74) is -5.72. The van der Waals surface area contributed by atoms with E-state index >= 15 is 0 Å². The first-order valence-electron chi connectivity index (χ1n) is 31.5. The molecular weight excluding hydrogens is 2140 g/mol. The average molecular weight is 2190 g/mol. The van der Waals surface area contributed by atoms with E-state index in [2.05, 4.69) is 30.5 Å². The molecule has 688 valence electrons. The van der Waals surface area contributed by atoms with Gasteiger partial charge in [0.05, 0.1) is 81.3 Å². The van der Waals surface area contributed by atoms with Gasteiger partial charge in [0.1, 0.15) is 77.9 Å². The Morgan fingerprint density at radius 1 is 0.425 bits per heavy atom. The number of carbonyl (C=O) groups excluding carboxylic acids is 3. The second-order valence-electron chi connectivity index (χ2n) is 22.5. The second-order valence-corrected chi connectivity index (χ2v) is 35.9. The molecule has 4 radical (unpaired) electrons. The van der Waals surface area contributed by atoms with Gasteiger partial charge in [0.25, 0.3) is 0 Å². The fraction of sp³-hybridized carbons (Fsp3) is 0.0417. The van der Waals surface area contributed by atoms with Crippen LogP contribution in [0, 0.1) is 40.7 Å². The van der Waals surface area contributed by atoms with E-state index in [1.807, 2.05) is 24.3 Å². The van der Waals surface area contributed by atoms with Crippen LogP contribution in [0.2, 0.25) is 10.0 Å². The molecule has 0 aliphatic heterocycles. The van der Waals surface area contributed by atoms with Crippen LogP contribution >= 0.6 is 23.2 Å². The molecule has 24 nitrogen and oxygen atoms in total. The van der Waals surface area contributed by atoms with Gasteiger partial charge in [-0.3, -0.25) is 4.79 Å². The first kappa shape index (κ1) is 117. The molecule has 10 aromatic carbocycles. The molecule has 0 heterocycles. The van der Waals surface area contributed by atoms with Crippen LogP contribution in [0.15, 0.2) is 271 Å². The summed E-state index contributed by atoms with van der Waals surface area (Å²) in [6.45, 7) is 7.67. The minimum Gasteiger partial charge on any atom is -1.00 e. The molecule has 0 aliphatic rings. The topological polar surface area (TPSA) is 430 Å². The number of carbonyl (C=O) groups is 5. The Hall–Kier alpha value is -9.94. The van der Waals surface area contributed by atoms with Gasteiger partial charge in [-0.25, -0.2) is 92.0 Å². The van der Waals surface area contributed by atoms with E-state index in [0.717, 1.165) is 83.0 Å². The van der Waals surface area contributed by atoms with E-state index < -0.39 is 201 Å². The standard InChI is InChI=1S/C18H11Cl2F2S.C12H10O7S.C8H3BF6.C8H8O4S.2C7H6O5S.C6BF5.C6H6O3S.6FH.HI.Sb.2H2/c19-12-1-5-16(6-2-12)23(17-7-3-13(20)4-8-17)18-10-14(21)9-15(22)11-18;1-3-18-11(13)8-5-9(12(14)19-4-2)7-10(6-8)20(15,16)17;9-6-2-4(7(10,11)12)1-5(3-6)8(13,14)15;1-6(9)7-2-4-8(5-3-7)13(10,11)12;8-7(9)5-2-1-3-6(4-5)13(10,11)12;8-7(9)5-3-1-2-4-6(5)13(10,11)12;7-1-2(8)4(10)6(12)5(11)3(1)9;7-10(8,9)6-4-2-1-3-5-6;;;;;;;;;;/h1-11H;3-7H,1-2H2,(H,15,16,17);1-3H;2-5H,1H3,(H,10,11,12);2*1-4H,(H,8,9)(H,10,11,12);;1-5H,(H,7,8,9);7*1H;;2*1H/q+1;;;;;;;;;;;;;;;+5;;/p-12. The predicted molar refractivity (Wildman–Crippen MR) is 408 cm³/mol. The summed E-state index contributed by atoms with van der Waals surface area (Å²) in [6.07, 6.45) is -8.03. The third kappa shape index (κ3) is 42.2. The molecule has 2 N–H and O–H groups in total. The third-order valence-electron chi connectivity index (χ3n) is 13.4. The molecule has 10 aromatic rings. The summed E-state index contributed by atoms with van der Waals surface area (Å²) in [5, 5.41) is 18.2. The number of ether oxygens (including phenoxy) is 2. The van der Waals surface area contributed by atoms with Crippen molar-refractivity contribution in [2.45, 2.75) is 58.4 Å². The number of esters is 2. The van der Waals surface area contributed by atoms with Crippen LogP contribution in [0.4, 0.5) is 71.1 Å². The Morgan fingerprint density at radius 2 is 0.772 bits per heavy atom. The number of Topliss-reactive ketones (excluding diaryl/α,β-unsaturated/α-hetero) is 1. The van der Waals surface area contributed by atoms with Crippen molar-refractivity contribution in [1.29, 1.82) is 0 Å². The Morgan fingerprint density at radius 3 is 1.09 bits per heavy atom. The normalized spacial score (nSPS) is 11.4. The molecular formula is C72H49B2Cl2F19IO24S6Sb-6. The van der Waals surface area contributed by atoms with Crippen LogP contribution in [0.3, 0.4) is 0 Å². The summed E-state index contributed by atoms with van der Waals surface area (Å²) in [6, 6.07) is 42.6. The van der Waals surface area contributed by atoms with Crippen LogP contribution in [-0.2, 0) is 83.3 Å². The smallest absolute Gasteiger partial charge is 0 e. The fourth-order valence-corrected chi connectivity index (χ4v) is 13.2. The van der Waals surface area contributed by atoms with Crippen molar-refractivity contribution >= 4 is 161 Å². The quantitative estimate of drug-likeness (QED) is 0.00921. The molecule has 0 fully saturated rings. The maximum absolute atomic E-state index is 13.7. The van der Waals surface area contributed by atoms with E-state index in [1.165, 1.54) is 79.7 Å². The number of hydrogen-bond donors (Lipinski definition) is 2. The molecule has 0 aliphatic carbocycles. The number of alkyl halides is 6. The second kappa shape index (κ2) is 49.6. The molecule has 0 amide bonds. The summed E-state index contributed by atoms with van der Waals surface area (Å²) >= 11 is 2.70. The SMILES string of the molecule is C=COC(=O)c1cc(C(=O)OC=C)cc(S(=O)(=O)[O-])c1.CC(=O)c1ccc(S(=O)(=O)[O-])cc1.Fc1cc(F)cc([S+](c2ccc(Cl)cc2)c2ccc(Cl)cc2)c1.O=C(O)c1cccc(S(=O)(=O)[O-])c1.O=C(O)c1ccccc1S(=O)(=O)[O-].O=S(=O)([O-])c1ccccc1.[B]c1c(F)c(F)c(F)c(F)c1F.[B]c1cc(C(F)(F)F)cc(C(F)(F)F)c1.[F-].[F][Sb]([F])([F])([F])[F].[HH].[HH].[I-]. The Bertz CT molecular complexity index is 5940.